The molecular weight excluding hydrogens is 182 g/mol. The first-order chi connectivity index (χ1) is 6.50. The second-order valence-corrected chi connectivity index (χ2v) is 3.35. The predicted octanol–water partition coefficient (Wildman–Crippen LogP) is 1.69. The highest BCUT2D eigenvalue weighted by molar-refractivity contribution is 5.93. The van der Waals surface area contributed by atoms with Crippen molar-refractivity contribution in [1.82, 2.24) is 0 Å². The Morgan fingerprint density at radius 3 is 2.57 bits per heavy atom. The fraction of sp³-hybridized carbons (Fsp3) is 0.300. The van der Waals surface area contributed by atoms with Crippen LogP contribution in [-0.2, 0) is 4.79 Å². The fourth-order valence-electron chi connectivity index (χ4n) is 0.901. The molecule has 0 aliphatic carbocycles. The highest BCUT2D eigenvalue weighted by atomic mass is 16.3. The molecule has 0 heterocycles. The Morgan fingerprint density at radius 1 is 1.36 bits per heavy atom. The lowest BCUT2D eigenvalue weighted by molar-refractivity contribution is -0.118. The second-order valence-electron chi connectivity index (χ2n) is 3.35. The monoisotopic (exact) mass is 195 g/mol. The van der Waals surface area contributed by atoms with Crippen molar-refractivity contribution in [2.45, 2.75) is 13.8 Å². The third kappa shape index (κ3) is 2.39. The van der Waals surface area contributed by atoms with Crippen LogP contribution >= 0.6 is 0 Å². The highest BCUT2D eigenvalue weighted by Gasteiger charge is 2.10. The smallest absolute Gasteiger partial charge is 0.227 e. The zero-order valence-electron chi connectivity index (χ0n) is 8.11. The fourth-order valence-corrected chi connectivity index (χ4v) is 0.901. The van der Waals surface area contributed by atoms with Crippen LogP contribution in [0.15, 0.2) is 18.2 Å². The van der Waals surface area contributed by atoms with Crippen LogP contribution in [0.2, 0.25) is 0 Å². The zero-order chi connectivity index (χ0) is 10.7. The molecule has 1 rings (SSSR count). The van der Waals surface area contributed by atoms with E-state index in [-0.39, 0.29) is 29.0 Å². The van der Waals surface area contributed by atoms with Gasteiger partial charge < -0.3 is 15.5 Å². The van der Waals surface area contributed by atoms with Gasteiger partial charge in [-0.15, -0.1) is 0 Å². The normalized spacial score (nSPS) is 10.2. The third-order valence-corrected chi connectivity index (χ3v) is 1.76. The third-order valence-electron chi connectivity index (χ3n) is 1.76. The molecule has 0 radical (unpaired) electrons. The van der Waals surface area contributed by atoms with E-state index in [4.69, 9.17) is 5.11 Å². The molecule has 0 unspecified atom stereocenters. The Kier molecular flexibility index (Phi) is 2.96. The van der Waals surface area contributed by atoms with Gasteiger partial charge in [-0.1, -0.05) is 13.8 Å². The Bertz CT molecular complexity index is 347. The molecule has 14 heavy (non-hydrogen) atoms. The molecule has 1 aromatic carbocycles. The molecule has 1 amide bonds. The summed E-state index contributed by atoms with van der Waals surface area (Å²) in [5.74, 6) is -0.429. The average Bonchev–Trinajstić information content (AvgIpc) is 2.11. The molecule has 4 heteroatoms. The molecule has 1 aromatic rings. The molecule has 0 aliphatic rings. The van der Waals surface area contributed by atoms with E-state index in [1.165, 1.54) is 18.2 Å². The molecule has 0 aromatic heterocycles. The van der Waals surface area contributed by atoms with E-state index >= 15 is 0 Å². The summed E-state index contributed by atoms with van der Waals surface area (Å²) in [6.45, 7) is 3.49. The van der Waals surface area contributed by atoms with Crippen molar-refractivity contribution in [2.75, 3.05) is 5.32 Å². The van der Waals surface area contributed by atoms with Gasteiger partial charge in [0, 0.05) is 12.0 Å². The van der Waals surface area contributed by atoms with Gasteiger partial charge in [0.2, 0.25) is 5.91 Å². The lowest BCUT2D eigenvalue weighted by atomic mass is 10.2. The number of phenols is 2. The SMILES string of the molecule is CC(C)C(=O)Nc1cc(O)ccc1O. The summed E-state index contributed by atoms with van der Waals surface area (Å²) in [5, 5.41) is 21.0. The van der Waals surface area contributed by atoms with Crippen LogP contribution < -0.4 is 5.32 Å². The Morgan fingerprint density at radius 2 is 2.00 bits per heavy atom. The van der Waals surface area contributed by atoms with Crippen molar-refractivity contribution < 1.29 is 15.0 Å². The van der Waals surface area contributed by atoms with Crippen LogP contribution in [0.25, 0.3) is 0 Å². The molecule has 76 valence electrons. The van der Waals surface area contributed by atoms with Crippen molar-refractivity contribution >= 4 is 11.6 Å². The van der Waals surface area contributed by atoms with E-state index < -0.39 is 0 Å². The van der Waals surface area contributed by atoms with Crippen LogP contribution in [0.4, 0.5) is 5.69 Å². The molecule has 0 bridgehead atoms. The molecule has 0 atom stereocenters. The first-order valence-corrected chi connectivity index (χ1v) is 4.33. The zero-order valence-corrected chi connectivity index (χ0v) is 8.11. The van der Waals surface area contributed by atoms with E-state index in [0.717, 1.165) is 0 Å². The first-order valence-electron chi connectivity index (χ1n) is 4.33. The van der Waals surface area contributed by atoms with Crippen molar-refractivity contribution in [3.8, 4) is 11.5 Å². The number of rotatable bonds is 2. The van der Waals surface area contributed by atoms with Crippen molar-refractivity contribution in [3.05, 3.63) is 18.2 Å². The number of amides is 1. The van der Waals surface area contributed by atoms with Gasteiger partial charge in [0.15, 0.2) is 0 Å². The first kappa shape index (κ1) is 10.4. The van der Waals surface area contributed by atoms with Crippen LogP contribution in [0.3, 0.4) is 0 Å². The van der Waals surface area contributed by atoms with E-state index in [2.05, 4.69) is 5.32 Å². The molecule has 4 nitrogen and oxygen atoms in total. The topological polar surface area (TPSA) is 69.6 Å². The van der Waals surface area contributed by atoms with Crippen molar-refractivity contribution in [1.29, 1.82) is 0 Å². The summed E-state index contributed by atoms with van der Waals surface area (Å²) < 4.78 is 0. The van der Waals surface area contributed by atoms with Gasteiger partial charge in [0.05, 0.1) is 5.69 Å². The molecule has 0 saturated carbocycles. The minimum absolute atomic E-state index is 0.00172. The van der Waals surface area contributed by atoms with Gasteiger partial charge >= 0.3 is 0 Å². The van der Waals surface area contributed by atoms with Crippen LogP contribution in [-0.4, -0.2) is 16.1 Å². The van der Waals surface area contributed by atoms with Gasteiger partial charge in [-0.25, -0.2) is 0 Å². The number of carbonyl (C=O) groups is 1. The Hall–Kier alpha value is -1.71. The number of aromatic hydroxyl groups is 2. The minimum Gasteiger partial charge on any atom is -0.508 e. The average molecular weight is 195 g/mol. The number of hydrogen-bond acceptors (Lipinski definition) is 3. The summed E-state index contributed by atoms with van der Waals surface area (Å²) in [5.41, 5.74) is 0.226. The van der Waals surface area contributed by atoms with Crippen molar-refractivity contribution in [2.24, 2.45) is 5.92 Å². The minimum atomic E-state index is -0.203. The van der Waals surface area contributed by atoms with E-state index in [1.54, 1.807) is 13.8 Å². The maximum atomic E-state index is 11.3. The number of hydrogen-bond donors (Lipinski definition) is 3. The number of anilines is 1. The second kappa shape index (κ2) is 4.00. The number of nitrogens with one attached hydrogen (secondary N) is 1. The molecule has 3 N–H and O–H groups in total. The molecule has 0 saturated heterocycles. The maximum absolute atomic E-state index is 11.3. The van der Waals surface area contributed by atoms with Crippen LogP contribution in [0.1, 0.15) is 13.8 Å². The summed E-state index contributed by atoms with van der Waals surface area (Å²) in [4.78, 5) is 11.3. The van der Waals surface area contributed by atoms with E-state index in [1.807, 2.05) is 0 Å². The Balaban J connectivity index is 2.86. The van der Waals surface area contributed by atoms with Crippen molar-refractivity contribution in [3.63, 3.8) is 0 Å². The summed E-state index contributed by atoms with van der Waals surface area (Å²) in [6, 6.07) is 3.97. The Labute approximate surface area is 82.2 Å². The summed E-state index contributed by atoms with van der Waals surface area (Å²) in [6.07, 6.45) is 0. The maximum Gasteiger partial charge on any atom is 0.227 e. The highest BCUT2D eigenvalue weighted by Crippen LogP contribution is 2.27. The molecule has 0 aliphatic heterocycles. The lowest BCUT2D eigenvalue weighted by Gasteiger charge is -2.09. The molecular formula is C10H13NO3. The van der Waals surface area contributed by atoms with Gasteiger partial charge in [-0.05, 0) is 12.1 Å². The number of carbonyl (C=O) groups excluding carboxylic acids is 1. The van der Waals surface area contributed by atoms with E-state index in [9.17, 15) is 9.90 Å². The van der Waals surface area contributed by atoms with Gasteiger partial charge in [-0.3, -0.25) is 4.79 Å². The predicted molar refractivity (Wildman–Crippen MR) is 53.2 cm³/mol. The van der Waals surface area contributed by atoms with Crippen LogP contribution in [0, 0.1) is 5.92 Å². The largest absolute Gasteiger partial charge is 0.508 e. The number of phenolic OH excluding ortho intramolecular Hbond substituents is 2. The quantitative estimate of drug-likeness (QED) is 0.497. The standard InChI is InChI=1S/C10H13NO3/c1-6(2)10(14)11-8-5-7(12)3-4-9(8)13/h3-6,12-13H,1-2H3,(H,11,14). The number of benzene rings is 1. The van der Waals surface area contributed by atoms with Crippen LogP contribution in [0.5, 0.6) is 11.5 Å². The summed E-state index contributed by atoms with van der Waals surface area (Å²) in [7, 11) is 0. The molecule has 0 fully saturated rings. The van der Waals surface area contributed by atoms with Gasteiger partial charge in [0.1, 0.15) is 11.5 Å². The molecule has 0 spiro atoms. The van der Waals surface area contributed by atoms with E-state index in [0.29, 0.717) is 0 Å². The lowest BCUT2D eigenvalue weighted by Crippen LogP contribution is -2.17. The van der Waals surface area contributed by atoms with Gasteiger partial charge in [-0.2, -0.15) is 0 Å². The summed E-state index contributed by atoms with van der Waals surface area (Å²) >= 11 is 0. The van der Waals surface area contributed by atoms with Gasteiger partial charge in [0.25, 0.3) is 0 Å².